The number of ether oxygens (including phenoxy) is 2. The second-order valence-electron chi connectivity index (χ2n) is 7.03. The summed E-state index contributed by atoms with van der Waals surface area (Å²) in [6.07, 6.45) is 2.12. The van der Waals surface area contributed by atoms with Crippen LogP contribution >= 0.6 is 0 Å². The van der Waals surface area contributed by atoms with Gasteiger partial charge in [0.1, 0.15) is 0 Å². The highest BCUT2D eigenvalue weighted by Gasteiger charge is 2.42. The van der Waals surface area contributed by atoms with Gasteiger partial charge in [0, 0.05) is 25.3 Å². The van der Waals surface area contributed by atoms with Crippen LogP contribution in [0.25, 0.3) is 10.8 Å². The molecule has 0 spiro atoms. The fourth-order valence-electron chi connectivity index (χ4n) is 4.21. The Bertz CT molecular complexity index is 760. The van der Waals surface area contributed by atoms with E-state index in [1.807, 2.05) is 42.2 Å². The van der Waals surface area contributed by atoms with Crippen molar-refractivity contribution in [2.45, 2.75) is 31.9 Å². The SMILES string of the molecule is CCOC[C@H]1C[C@@H]2[C@@H](C1)OCCN2C(=O)c1ccc2ccccc2c1. The number of morpholine rings is 1. The predicted octanol–water partition coefficient (Wildman–Crippen LogP) is 3.50. The highest BCUT2D eigenvalue weighted by atomic mass is 16.5. The fraction of sp³-hybridized carbons (Fsp3) is 0.476. The molecule has 0 bridgehead atoms. The van der Waals surface area contributed by atoms with Crippen molar-refractivity contribution in [3.63, 3.8) is 0 Å². The van der Waals surface area contributed by atoms with Crippen LogP contribution in [0.3, 0.4) is 0 Å². The van der Waals surface area contributed by atoms with Crippen LogP contribution in [0.5, 0.6) is 0 Å². The predicted molar refractivity (Wildman–Crippen MR) is 97.7 cm³/mol. The Hall–Kier alpha value is -1.91. The summed E-state index contributed by atoms with van der Waals surface area (Å²) in [5, 5.41) is 2.27. The minimum Gasteiger partial charge on any atom is -0.381 e. The first-order valence-electron chi connectivity index (χ1n) is 9.25. The number of carbonyl (C=O) groups excluding carboxylic acids is 1. The molecule has 2 fully saturated rings. The van der Waals surface area contributed by atoms with Crippen molar-refractivity contribution >= 4 is 16.7 Å². The van der Waals surface area contributed by atoms with Crippen molar-refractivity contribution in [3.05, 3.63) is 48.0 Å². The third-order valence-electron chi connectivity index (χ3n) is 5.45. The van der Waals surface area contributed by atoms with E-state index in [1.54, 1.807) is 0 Å². The van der Waals surface area contributed by atoms with Gasteiger partial charge in [0.15, 0.2) is 0 Å². The van der Waals surface area contributed by atoms with E-state index >= 15 is 0 Å². The highest BCUT2D eigenvalue weighted by Crippen LogP contribution is 2.35. The molecule has 1 amide bonds. The lowest BCUT2D eigenvalue weighted by molar-refractivity contribution is -0.0449. The summed E-state index contributed by atoms with van der Waals surface area (Å²) in [5.41, 5.74) is 0.771. The van der Waals surface area contributed by atoms with Crippen LogP contribution in [-0.4, -0.2) is 49.3 Å². The van der Waals surface area contributed by atoms with Gasteiger partial charge in [-0.15, -0.1) is 0 Å². The third kappa shape index (κ3) is 3.29. The number of hydrogen-bond acceptors (Lipinski definition) is 3. The summed E-state index contributed by atoms with van der Waals surface area (Å²) in [4.78, 5) is 15.2. The van der Waals surface area contributed by atoms with E-state index in [1.165, 1.54) is 0 Å². The molecule has 1 aliphatic carbocycles. The van der Waals surface area contributed by atoms with Gasteiger partial charge in [-0.1, -0.05) is 30.3 Å². The van der Waals surface area contributed by atoms with Crippen LogP contribution in [0.2, 0.25) is 0 Å². The molecule has 2 aromatic carbocycles. The molecule has 1 aliphatic heterocycles. The molecule has 4 rings (SSSR count). The van der Waals surface area contributed by atoms with Crippen LogP contribution in [-0.2, 0) is 9.47 Å². The molecule has 0 radical (unpaired) electrons. The van der Waals surface area contributed by atoms with Crippen molar-refractivity contribution in [2.75, 3.05) is 26.4 Å². The maximum Gasteiger partial charge on any atom is 0.254 e. The lowest BCUT2D eigenvalue weighted by Crippen LogP contribution is -2.51. The van der Waals surface area contributed by atoms with Crippen molar-refractivity contribution in [3.8, 4) is 0 Å². The Morgan fingerprint density at radius 1 is 1.20 bits per heavy atom. The molecule has 1 heterocycles. The number of carbonyl (C=O) groups is 1. The molecule has 0 unspecified atom stereocenters. The monoisotopic (exact) mass is 339 g/mol. The Balaban J connectivity index is 1.54. The van der Waals surface area contributed by atoms with Gasteiger partial charge >= 0.3 is 0 Å². The van der Waals surface area contributed by atoms with E-state index in [0.29, 0.717) is 19.1 Å². The van der Waals surface area contributed by atoms with Gasteiger partial charge in [-0.05, 0) is 48.6 Å². The molecule has 0 aromatic heterocycles. The van der Waals surface area contributed by atoms with E-state index in [4.69, 9.17) is 9.47 Å². The van der Waals surface area contributed by atoms with Crippen LogP contribution < -0.4 is 0 Å². The molecule has 2 aromatic rings. The lowest BCUT2D eigenvalue weighted by atomic mass is 10.0. The quantitative estimate of drug-likeness (QED) is 0.856. The fourth-order valence-corrected chi connectivity index (χ4v) is 4.21. The first kappa shape index (κ1) is 16.6. The first-order valence-corrected chi connectivity index (χ1v) is 9.25. The highest BCUT2D eigenvalue weighted by molar-refractivity contribution is 5.98. The van der Waals surface area contributed by atoms with E-state index < -0.39 is 0 Å². The molecular formula is C21H25NO3. The molecular weight excluding hydrogens is 314 g/mol. The number of benzene rings is 2. The summed E-state index contributed by atoms with van der Waals surface area (Å²) >= 11 is 0. The molecule has 4 nitrogen and oxygen atoms in total. The topological polar surface area (TPSA) is 38.8 Å². The standard InChI is InChI=1S/C21H25NO3/c1-2-24-14-15-11-19-20(12-15)25-10-9-22(19)21(23)18-8-7-16-5-3-4-6-17(16)13-18/h3-8,13,15,19-20H,2,9-12,14H2,1H3/t15-,19+,20+/m0/s1. The minimum atomic E-state index is 0.126. The summed E-state index contributed by atoms with van der Waals surface area (Å²) < 4.78 is 11.5. The Labute approximate surface area is 148 Å². The summed E-state index contributed by atoms with van der Waals surface area (Å²) in [7, 11) is 0. The molecule has 1 saturated carbocycles. The number of fused-ring (bicyclic) bond motifs is 2. The molecule has 3 atom stereocenters. The second kappa shape index (κ2) is 7.14. The first-order chi connectivity index (χ1) is 12.3. The van der Waals surface area contributed by atoms with Gasteiger partial charge in [0.2, 0.25) is 0 Å². The lowest BCUT2D eigenvalue weighted by Gasteiger charge is -2.37. The average molecular weight is 339 g/mol. The van der Waals surface area contributed by atoms with E-state index in [0.717, 1.165) is 42.4 Å². The van der Waals surface area contributed by atoms with E-state index in [9.17, 15) is 4.79 Å². The van der Waals surface area contributed by atoms with Crippen LogP contribution in [0.1, 0.15) is 30.1 Å². The molecule has 25 heavy (non-hydrogen) atoms. The maximum atomic E-state index is 13.1. The zero-order valence-electron chi connectivity index (χ0n) is 14.7. The third-order valence-corrected chi connectivity index (χ3v) is 5.45. The average Bonchev–Trinajstić information content (AvgIpc) is 3.08. The largest absolute Gasteiger partial charge is 0.381 e. The molecule has 4 heteroatoms. The van der Waals surface area contributed by atoms with Gasteiger partial charge in [-0.3, -0.25) is 4.79 Å². The zero-order chi connectivity index (χ0) is 17.2. The number of hydrogen-bond donors (Lipinski definition) is 0. The van der Waals surface area contributed by atoms with Crippen LogP contribution in [0.4, 0.5) is 0 Å². The summed E-state index contributed by atoms with van der Waals surface area (Å²) in [5.74, 6) is 0.612. The van der Waals surface area contributed by atoms with E-state index in [2.05, 4.69) is 12.1 Å². The molecule has 0 N–H and O–H groups in total. The van der Waals surface area contributed by atoms with E-state index in [-0.39, 0.29) is 18.1 Å². The Kier molecular flexibility index (Phi) is 4.73. The molecule has 1 saturated heterocycles. The van der Waals surface area contributed by atoms with Crippen molar-refractivity contribution in [1.29, 1.82) is 0 Å². The molecule has 2 aliphatic rings. The normalized spacial score (nSPS) is 26.0. The summed E-state index contributed by atoms with van der Waals surface area (Å²) in [6, 6.07) is 14.3. The number of nitrogens with zero attached hydrogens (tertiary/aromatic N) is 1. The minimum absolute atomic E-state index is 0.126. The Morgan fingerprint density at radius 2 is 2.04 bits per heavy atom. The molecule has 132 valence electrons. The van der Waals surface area contributed by atoms with Crippen molar-refractivity contribution in [1.82, 2.24) is 4.90 Å². The van der Waals surface area contributed by atoms with Gasteiger partial charge in [-0.2, -0.15) is 0 Å². The van der Waals surface area contributed by atoms with Crippen molar-refractivity contribution in [2.24, 2.45) is 5.92 Å². The zero-order valence-corrected chi connectivity index (χ0v) is 14.7. The summed E-state index contributed by atoms with van der Waals surface area (Å²) in [6.45, 7) is 4.83. The van der Waals surface area contributed by atoms with Gasteiger partial charge in [-0.25, -0.2) is 0 Å². The number of rotatable bonds is 4. The smallest absolute Gasteiger partial charge is 0.254 e. The van der Waals surface area contributed by atoms with Gasteiger partial charge in [0.05, 0.1) is 18.8 Å². The van der Waals surface area contributed by atoms with Gasteiger partial charge < -0.3 is 14.4 Å². The Morgan fingerprint density at radius 3 is 2.88 bits per heavy atom. The van der Waals surface area contributed by atoms with Crippen LogP contribution in [0, 0.1) is 5.92 Å². The maximum absolute atomic E-state index is 13.1. The number of amides is 1. The van der Waals surface area contributed by atoms with Crippen LogP contribution in [0.15, 0.2) is 42.5 Å². The second-order valence-corrected chi connectivity index (χ2v) is 7.03. The van der Waals surface area contributed by atoms with Crippen molar-refractivity contribution < 1.29 is 14.3 Å². The van der Waals surface area contributed by atoms with Gasteiger partial charge in [0.25, 0.3) is 5.91 Å².